The third kappa shape index (κ3) is 4.71. The predicted molar refractivity (Wildman–Crippen MR) is 158 cm³/mol. The zero-order valence-electron chi connectivity index (χ0n) is 23.4. The quantitative estimate of drug-likeness (QED) is 0.286. The zero-order chi connectivity index (χ0) is 28.7. The monoisotopic (exact) mass is 548 g/mol. The van der Waals surface area contributed by atoms with Crippen LogP contribution in [0.5, 0.6) is 11.6 Å². The van der Waals surface area contributed by atoms with Gasteiger partial charge in [-0.25, -0.2) is 15.0 Å². The lowest BCUT2D eigenvalue weighted by molar-refractivity contribution is -0.130. The van der Waals surface area contributed by atoms with Crippen LogP contribution in [0.2, 0.25) is 0 Å². The molecule has 1 fully saturated rings. The topological polar surface area (TPSA) is 117 Å². The molecule has 2 N–H and O–H groups in total. The Morgan fingerprint density at radius 3 is 2.71 bits per heavy atom. The minimum Gasteiger partial charge on any atom is -0.439 e. The number of aryl methyl sites for hydroxylation is 2. The number of hydrogen-bond acceptors (Lipinski definition) is 7. The van der Waals surface area contributed by atoms with Crippen molar-refractivity contribution in [2.45, 2.75) is 38.8 Å². The van der Waals surface area contributed by atoms with Crippen molar-refractivity contribution in [2.75, 3.05) is 12.3 Å². The van der Waals surface area contributed by atoms with Gasteiger partial charge in [0.1, 0.15) is 23.5 Å². The molecule has 0 aliphatic carbocycles. The Balaban J connectivity index is 1.41. The van der Waals surface area contributed by atoms with Crippen molar-refractivity contribution in [3.8, 4) is 34.0 Å². The molecule has 1 amide bonds. The van der Waals surface area contributed by atoms with Gasteiger partial charge in [0, 0.05) is 42.7 Å². The number of nitrogen functional groups attached to an aromatic ring is 1. The van der Waals surface area contributed by atoms with Gasteiger partial charge in [0.2, 0.25) is 11.8 Å². The first-order valence-corrected chi connectivity index (χ1v) is 13.6. The van der Waals surface area contributed by atoms with Gasteiger partial charge in [-0.2, -0.15) is 5.10 Å². The lowest BCUT2D eigenvalue weighted by Gasteiger charge is -2.38. The highest BCUT2D eigenvalue weighted by molar-refractivity contribution is 6.07. The first-order valence-electron chi connectivity index (χ1n) is 13.6. The fraction of sp³-hybridized carbons (Fsp3) is 0.258. The molecule has 5 heterocycles. The molecular weight excluding hydrogens is 516 g/mol. The third-order valence-corrected chi connectivity index (χ3v) is 7.84. The maximum Gasteiger partial charge on any atom is 0.246 e. The number of rotatable bonds is 6. The average Bonchev–Trinajstić information content (AvgIpc) is 3.56. The van der Waals surface area contributed by atoms with Gasteiger partial charge in [-0.1, -0.05) is 24.8 Å². The van der Waals surface area contributed by atoms with Crippen molar-refractivity contribution >= 4 is 22.8 Å². The van der Waals surface area contributed by atoms with E-state index in [0.29, 0.717) is 17.4 Å². The second-order valence-corrected chi connectivity index (χ2v) is 10.4. The Labute approximate surface area is 238 Å². The van der Waals surface area contributed by atoms with E-state index in [1.807, 2.05) is 83.0 Å². The summed E-state index contributed by atoms with van der Waals surface area (Å²) in [5.41, 5.74) is 11.8. The maximum absolute atomic E-state index is 12.4. The number of likely N-dealkylation sites (tertiary alicyclic amines) is 1. The number of carbonyl (C=O) groups excluding carboxylic acids is 1. The number of benzene rings is 1. The number of pyridine rings is 1. The highest BCUT2D eigenvalue weighted by atomic mass is 16.5. The van der Waals surface area contributed by atoms with Crippen LogP contribution in [0, 0.1) is 6.92 Å². The molecule has 10 heteroatoms. The summed E-state index contributed by atoms with van der Waals surface area (Å²) >= 11 is 0. The van der Waals surface area contributed by atoms with Crippen LogP contribution in [-0.4, -0.2) is 52.7 Å². The second-order valence-electron chi connectivity index (χ2n) is 10.4. The minimum absolute atomic E-state index is 0.00842. The van der Waals surface area contributed by atoms with Crippen molar-refractivity contribution in [1.29, 1.82) is 0 Å². The molecule has 41 heavy (non-hydrogen) atoms. The largest absolute Gasteiger partial charge is 0.439 e. The van der Waals surface area contributed by atoms with Crippen molar-refractivity contribution in [3.63, 3.8) is 0 Å². The number of carbonyl (C=O) groups is 1. The first-order chi connectivity index (χ1) is 19.9. The zero-order valence-corrected chi connectivity index (χ0v) is 23.4. The Hall–Kier alpha value is -4.99. The number of ether oxygens (including phenoxy) is 1. The van der Waals surface area contributed by atoms with Crippen LogP contribution < -0.4 is 10.5 Å². The number of anilines is 1. The Morgan fingerprint density at radius 1 is 1.15 bits per heavy atom. The normalized spacial score (nSPS) is 17.1. The van der Waals surface area contributed by atoms with Crippen molar-refractivity contribution in [3.05, 3.63) is 79.5 Å². The summed E-state index contributed by atoms with van der Waals surface area (Å²) in [5, 5.41) is 5.55. The number of piperidine rings is 1. The number of hydrogen-bond donors (Lipinski definition) is 1. The highest BCUT2D eigenvalue weighted by Crippen LogP contribution is 2.42. The first kappa shape index (κ1) is 26.2. The van der Waals surface area contributed by atoms with Gasteiger partial charge in [-0.05, 0) is 56.5 Å². The molecule has 1 saturated heterocycles. The van der Waals surface area contributed by atoms with Crippen LogP contribution in [0.3, 0.4) is 0 Å². The number of fused-ring (bicyclic) bond motifs is 1. The standard InChI is InChI=1S/C31H32N8O2/c1-5-26(40)38-15-7-9-24(20(38)3)39-17-22(16-35-39)29-27(28-30(32)33-18-34-31(28)37(29)4)21-11-13-23(14-12-21)41-25-10-6-8-19(2)36-25/h5-6,8,10-14,16-18,20,24H,1,7,9,15H2,2-4H3,(H2,32,33,34). The molecule has 6 rings (SSSR count). The van der Waals surface area contributed by atoms with E-state index in [1.54, 1.807) is 0 Å². The van der Waals surface area contributed by atoms with E-state index in [4.69, 9.17) is 15.6 Å². The Kier molecular flexibility index (Phi) is 6.74. The highest BCUT2D eigenvalue weighted by Gasteiger charge is 2.32. The summed E-state index contributed by atoms with van der Waals surface area (Å²) in [5.74, 6) is 1.57. The molecular formula is C31H32N8O2. The fourth-order valence-electron chi connectivity index (χ4n) is 5.83. The lowest BCUT2D eigenvalue weighted by Crippen LogP contribution is -2.46. The van der Waals surface area contributed by atoms with Gasteiger partial charge in [0.25, 0.3) is 0 Å². The third-order valence-electron chi connectivity index (χ3n) is 7.84. The van der Waals surface area contributed by atoms with Gasteiger partial charge in [0.15, 0.2) is 0 Å². The number of nitrogens with two attached hydrogens (primary N) is 1. The number of amides is 1. The Morgan fingerprint density at radius 2 is 1.95 bits per heavy atom. The predicted octanol–water partition coefficient (Wildman–Crippen LogP) is 5.31. The van der Waals surface area contributed by atoms with Gasteiger partial charge in [-0.3, -0.25) is 9.48 Å². The van der Waals surface area contributed by atoms with Gasteiger partial charge in [0.05, 0.1) is 29.4 Å². The van der Waals surface area contributed by atoms with E-state index in [9.17, 15) is 4.79 Å². The molecule has 2 atom stereocenters. The van der Waals surface area contributed by atoms with Crippen LogP contribution in [-0.2, 0) is 11.8 Å². The molecule has 208 valence electrons. The molecule has 1 aliphatic rings. The fourth-order valence-corrected chi connectivity index (χ4v) is 5.83. The molecule has 10 nitrogen and oxygen atoms in total. The summed E-state index contributed by atoms with van der Waals surface area (Å²) in [6.45, 7) is 8.39. The second kappa shape index (κ2) is 10.5. The molecule has 1 aromatic carbocycles. The van der Waals surface area contributed by atoms with Crippen molar-refractivity contribution in [2.24, 2.45) is 7.05 Å². The molecule has 4 aromatic heterocycles. The molecule has 0 saturated carbocycles. The van der Waals surface area contributed by atoms with E-state index in [0.717, 1.165) is 58.5 Å². The summed E-state index contributed by atoms with van der Waals surface area (Å²) < 4.78 is 9.99. The van der Waals surface area contributed by atoms with Crippen molar-refractivity contribution < 1.29 is 9.53 Å². The van der Waals surface area contributed by atoms with Gasteiger partial charge in [-0.15, -0.1) is 0 Å². The number of nitrogens with zero attached hydrogens (tertiary/aromatic N) is 7. The molecule has 5 aromatic rings. The summed E-state index contributed by atoms with van der Waals surface area (Å²) in [6.07, 6.45) is 8.61. The van der Waals surface area contributed by atoms with E-state index in [-0.39, 0.29) is 18.0 Å². The van der Waals surface area contributed by atoms with Crippen LogP contribution in [0.15, 0.2) is 73.8 Å². The summed E-state index contributed by atoms with van der Waals surface area (Å²) in [4.78, 5) is 27.6. The SMILES string of the molecule is C=CC(=O)N1CCCC(n2cc(-c3c(-c4ccc(Oc5cccc(C)n5)cc4)c4c(N)ncnc4n3C)cn2)C1C. The van der Waals surface area contributed by atoms with E-state index in [1.165, 1.54) is 12.4 Å². The van der Waals surface area contributed by atoms with Crippen LogP contribution in [0.4, 0.5) is 5.82 Å². The van der Waals surface area contributed by atoms with Crippen LogP contribution in [0.25, 0.3) is 33.4 Å². The molecule has 0 radical (unpaired) electrons. The molecule has 2 unspecified atom stereocenters. The number of aromatic nitrogens is 6. The smallest absolute Gasteiger partial charge is 0.246 e. The van der Waals surface area contributed by atoms with E-state index in [2.05, 4.69) is 28.5 Å². The van der Waals surface area contributed by atoms with Crippen LogP contribution in [0.1, 0.15) is 31.5 Å². The lowest BCUT2D eigenvalue weighted by atomic mass is 9.97. The van der Waals surface area contributed by atoms with Crippen LogP contribution >= 0.6 is 0 Å². The summed E-state index contributed by atoms with van der Waals surface area (Å²) in [7, 11) is 1.97. The summed E-state index contributed by atoms with van der Waals surface area (Å²) in [6, 6.07) is 13.6. The Bertz CT molecular complexity index is 1750. The van der Waals surface area contributed by atoms with E-state index >= 15 is 0 Å². The average molecular weight is 549 g/mol. The molecule has 0 spiro atoms. The molecule has 1 aliphatic heterocycles. The van der Waals surface area contributed by atoms with E-state index < -0.39 is 0 Å². The van der Waals surface area contributed by atoms with Crippen molar-refractivity contribution in [1.82, 2.24) is 34.2 Å². The maximum atomic E-state index is 12.4. The van der Waals surface area contributed by atoms with Gasteiger partial charge >= 0.3 is 0 Å². The minimum atomic E-state index is -0.0507. The van der Waals surface area contributed by atoms with Gasteiger partial charge < -0.3 is 19.9 Å². The molecule has 0 bridgehead atoms.